The first-order valence-corrected chi connectivity index (χ1v) is 8.44. The highest BCUT2D eigenvalue weighted by Gasteiger charge is 2.31. The van der Waals surface area contributed by atoms with Crippen LogP contribution in [0, 0.1) is 0 Å². The summed E-state index contributed by atoms with van der Waals surface area (Å²) in [6.07, 6.45) is -0.711. The summed E-state index contributed by atoms with van der Waals surface area (Å²) in [6, 6.07) is 9.87. The number of carbonyl (C=O) groups is 2. The summed E-state index contributed by atoms with van der Waals surface area (Å²) in [5.74, 6) is -0.0361. The van der Waals surface area contributed by atoms with Gasteiger partial charge >= 0.3 is 0 Å². The molecule has 2 aromatic rings. The predicted molar refractivity (Wildman–Crippen MR) is 97.9 cm³/mol. The van der Waals surface area contributed by atoms with Gasteiger partial charge in [-0.25, -0.2) is 0 Å². The molecule has 1 atom stereocenters. The molecule has 130 valence electrons. The van der Waals surface area contributed by atoms with E-state index in [0.717, 1.165) is 5.56 Å². The zero-order chi connectivity index (χ0) is 22.9. The second-order valence-electron chi connectivity index (χ2n) is 5.35. The van der Waals surface area contributed by atoms with Gasteiger partial charge in [0.1, 0.15) is 5.75 Å². The highest BCUT2D eigenvalue weighted by atomic mass is 32.2. The van der Waals surface area contributed by atoms with Gasteiger partial charge in [0.2, 0.25) is 5.91 Å². The first kappa shape index (κ1) is 11.3. The molecule has 1 aromatic heterocycles. The Bertz CT molecular complexity index is 966. The lowest BCUT2D eigenvalue weighted by atomic mass is 10.1. The van der Waals surface area contributed by atoms with E-state index in [1.165, 1.54) is 12.3 Å². The number of imide groups is 1. The minimum atomic E-state index is -2.78. The molecule has 0 radical (unpaired) electrons. The molecule has 25 heavy (non-hydrogen) atoms. The van der Waals surface area contributed by atoms with Crippen LogP contribution in [0.25, 0.3) is 0 Å². The fraction of sp³-hybridized carbons (Fsp3) is 0.316. The Labute approximate surface area is 159 Å². The molecule has 2 amide bonds. The van der Waals surface area contributed by atoms with Crippen molar-refractivity contribution in [1.29, 1.82) is 0 Å². The molecule has 1 aliphatic rings. The van der Waals surface area contributed by atoms with Crippen molar-refractivity contribution < 1.29 is 22.6 Å². The molecule has 2 heterocycles. The van der Waals surface area contributed by atoms with Gasteiger partial charge in [-0.05, 0) is 42.1 Å². The Morgan fingerprint density at radius 2 is 2.08 bits per heavy atom. The molecule has 0 saturated carbocycles. The highest BCUT2D eigenvalue weighted by molar-refractivity contribution is 8.15. The smallest absolute Gasteiger partial charge is 0.286 e. The van der Waals surface area contributed by atoms with E-state index >= 15 is 0 Å². The van der Waals surface area contributed by atoms with E-state index in [-0.39, 0.29) is 12.0 Å². The molecular weight excluding hydrogens is 336 g/mol. The van der Waals surface area contributed by atoms with Gasteiger partial charge in [-0.15, -0.1) is 0 Å². The Balaban J connectivity index is 1.52. The van der Waals surface area contributed by atoms with Gasteiger partial charge in [0, 0.05) is 25.2 Å². The standard InChI is InChI=1S/C19H20N2O3S/c1-2-13-3-6-15(20-12-13)9-10-24-16-7-4-14(5-8-16)11-17-18(22)21-19(23)25-17/h3-8,12,17H,2,9-11H2,1H3,(H,21,22,23)/t17-/m0/s1/i1D3,2D2,17D. The van der Waals surface area contributed by atoms with E-state index < -0.39 is 29.6 Å². The van der Waals surface area contributed by atoms with Gasteiger partial charge in [-0.1, -0.05) is 36.8 Å². The van der Waals surface area contributed by atoms with Crippen LogP contribution in [0.3, 0.4) is 0 Å². The van der Waals surface area contributed by atoms with Crippen LogP contribution in [0.2, 0.25) is 0 Å². The first-order valence-electron chi connectivity index (χ1n) is 10.6. The third-order valence-corrected chi connectivity index (χ3v) is 4.43. The van der Waals surface area contributed by atoms with E-state index in [0.29, 0.717) is 36.2 Å². The minimum Gasteiger partial charge on any atom is -0.493 e. The average molecular weight is 362 g/mol. The molecule has 0 unspecified atom stereocenters. The summed E-state index contributed by atoms with van der Waals surface area (Å²) in [6.45, 7) is -2.48. The van der Waals surface area contributed by atoms with Crippen molar-refractivity contribution >= 4 is 22.9 Å². The van der Waals surface area contributed by atoms with E-state index in [1.807, 2.05) is 0 Å². The number of aromatic nitrogens is 1. The number of carbonyl (C=O) groups excluding carboxylic acids is 2. The molecule has 1 aliphatic heterocycles. The fourth-order valence-electron chi connectivity index (χ4n) is 2.27. The summed E-state index contributed by atoms with van der Waals surface area (Å²) in [5, 5.41) is 0.0393. The lowest BCUT2D eigenvalue weighted by Crippen LogP contribution is -2.25. The van der Waals surface area contributed by atoms with Crippen molar-refractivity contribution in [3.63, 3.8) is 0 Å². The first-order chi connectivity index (χ1) is 14.4. The van der Waals surface area contributed by atoms with Crippen LogP contribution in [-0.4, -0.2) is 28.0 Å². The van der Waals surface area contributed by atoms with E-state index in [4.69, 9.17) is 13.0 Å². The van der Waals surface area contributed by atoms with Crippen LogP contribution in [0.1, 0.15) is 31.9 Å². The van der Waals surface area contributed by atoms with Crippen LogP contribution in [0.4, 0.5) is 4.79 Å². The summed E-state index contributed by atoms with van der Waals surface area (Å²) in [5.41, 5.74) is 1.35. The fourth-order valence-corrected chi connectivity index (χ4v) is 3.02. The highest BCUT2D eigenvalue weighted by Crippen LogP contribution is 2.23. The number of benzene rings is 1. The lowest BCUT2D eigenvalue weighted by molar-refractivity contribution is -0.118. The summed E-state index contributed by atoms with van der Waals surface area (Å²) in [4.78, 5) is 27.2. The molecule has 1 N–H and O–H groups in total. The molecular formula is C19H20N2O3S. The van der Waals surface area contributed by atoms with Gasteiger partial charge in [0.05, 0.1) is 13.2 Å². The molecule has 1 aromatic carbocycles. The van der Waals surface area contributed by atoms with E-state index in [9.17, 15) is 9.59 Å². The number of hydrogen-bond acceptors (Lipinski definition) is 5. The summed E-state index contributed by atoms with van der Waals surface area (Å²) >= 11 is 0.664. The monoisotopic (exact) mass is 362 g/mol. The van der Waals surface area contributed by atoms with Crippen molar-refractivity contribution in [2.24, 2.45) is 0 Å². The van der Waals surface area contributed by atoms with Crippen molar-refractivity contribution in [1.82, 2.24) is 10.3 Å². The quantitative estimate of drug-likeness (QED) is 0.819. The summed E-state index contributed by atoms with van der Waals surface area (Å²) < 4.78 is 51.2. The average Bonchev–Trinajstić information content (AvgIpc) is 2.94. The number of aryl methyl sites for hydroxylation is 1. The zero-order valence-electron chi connectivity index (χ0n) is 19.2. The van der Waals surface area contributed by atoms with E-state index in [2.05, 4.69) is 10.3 Å². The summed E-state index contributed by atoms with van der Waals surface area (Å²) in [7, 11) is 0. The Morgan fingerprint density at radius 3 is 2.72 bits per heavy atom. The largest absolute Gasteiger partial charge is 0.493 e. The maximum absolute atomic E-state index is 11.8. The molecule has 0 aliphatic carbocycles. The van der Waals surface area contributed by atoms with Gasteiger partial charge < -0.3 is 4.74 Å². The second kappa shape index (κ2) is 8.16. The lowest BCUT2D eigenvalue weighted by Gasteiger charge is -2.09. The predicted octanol–water partition coefficient (Wildman–Crippen LogP) is 3.16. The number of pyridine rings is 1. The molecule has 0 bridgehead atoms. The Morgan fingerprint density at radius 1 is 1.28 bits per heavy atom. The number of nitrogens with zero attached hydrogens (tertiary/aromatic N) is 1. The molecule has 1 saturated heterocycles. The van der Waals surface area contributed by atoms with Crippen LogP contribution in [-0.2, 0) is 24.0 Å². The van der Waals surface area contributed by atoms with Crippen LogP contribution in [0.5, 0.6) is 5.75 Å². The number of rotatable bonds is 7. The van der Waals surface area contributed by atoms with Gasteiger partial charge in [0.25, 0.3) is 5.24 Å². The van der Waals surface area contributed by atoms with Gasteiger partial charge in [0.15, 0.2) is 0 Å². The molecule has 3 rings (SSSR count). The molecule has 1 fully saturated rings. The van der Waals surface area contributed by atoms with Crippen molar-refractivity contribution in [3.05, 3.63) is 59.4 Å². The normalized spacial score (nSPS) is 24.3. The SMILES string of the molecule is [2H]C([2H])([2H])C([2H])([2H])c1ccc(CCOc2ccc(C[C@]3([2H])SC(=O)NC3=O)cc2)nc1. The van der Waals surface area contributed by atoms with E-state index in [1.54, 1.807) is 30.3 Å². The third-order valence-electron chi connectivity index (χ3n) is 3.57. The number of hydrogen-bond donors (Lipinski definition) is 1. The van der Waals surface area contributed by atoms with Crippen molar-refractivity contribution in [2.75, 3.05) is 6.61 Å². The van der Waals surface area contributed by atoms with Crippen LogP contribution < -0.4 is 10.1 Å². The Kier molecular flexibility index (Phi) is 3.69. The maximum atomic E-state index is 11.8. The van der Waals surface area contributed by atoms with Crippen molar-refractivity contribution in [3.8, 4) is 5.75 Å². The van der Waals surface area contributed by atoms with Crippen LogP contribution >= 0.6 is 11.8 Å². The number of thioether (sulfide) groups is 1. The number of amides is 2. The third kappa shape index (κ3) is 4.82. The zero-order valence-corrected chi connectivity index (χ0v) is 14.1. The molecule has 0 spiro atoms. The topological polar surface area (TPSA) is 68.3 Å². The Hall–Kier alpha value is -2.34. The second-order valence-corrected chi connectivity index (χ2v) is 6.42. The van der Waals surface area contributed by atoms with Gasteiger partial charge in [-0.2, -0.15) is 0 Å². The number of ether oxygens (including phenoxy) is 1. The maximum Gasteiger partial charge on any atom is 0.286 e. The number of nitrogens with one attached hydrogen (secondary N) is 1. The minimum absolute atomic E-state index is 0.00395. The van der Waals surface area contributed by atoms with Gasteiger partial charge in [-0.3, -0.25) is 19.9 Å². The van der Waals surface area contributed by atoms with Crippen LogP contribution in [0.15, 0.2) is 42.6 Å². The van der Waals surface area contributed by atoms with Crippen molar-refractivity contribution in [2.45, 2.75) is 31.3 Å². The molecule has 5 nitrogen and oxygen atoms in total. The molecule has 6 heteroatoms.